The molecule has 1 heteroatoms. The Bertz CT molecular complexity index is 424. The van der Waals surface area contributed by atoms with E-state index in [2.05, 4.69) is 6.42 Å². The summed E-state index contributed by atoms with van der Waals surface area (Å²) in [5, 5.41) is 0. The van der Waals surface area contributed by atoms with E-state index in [4.69, 9.17) is 0 Å². The second-order valence-electron chi connectivity index (χ2n) is 3.91. The van der Waals surface area contributed by atoms with Crippen molar-refractivity contribution in [3.05, 3.63) is 59.3 Å². The van der Waals surface area contributed by atoms with Gasteiger partial charge in [-0.3, -0.25) is 0 Å². The number of halogens is 1. The Hall–Kier alpha value is -1.37. The molecule has 1 aromatic carbocycles. The fraction of sp³-hybridized carbons (Fsp3) is 0.214. The van der Waals surface area contributed by atoms with Crippen molar-refractivity contribution in [2.24, 2.45) is 0 Å². The van der Waals surface area contributed by atoms with Gasteiger partial charge in [-0.15, -0.1) is 0 Å². The summed E-state index contributed by atoms with van der Waals surface area (Å²) in [7, 11) is 0. The zero-order valence-corrected chi connectivity index (χ0v) is 9.05. The van der Waals surface area contributed by atoms with E-state index in [1.807, 2.05) is 44.2 Å². The van der Waals surface area contributed by atoms with E-state index in [0.717, 1.165) is 22.3 Å². The van der Waals surface area contributed by atoms with Crippen molar-refractivity contribution in [3.8, 4) is 0 Å². The standard InChI is InChI=1S/C14H14F/c1-10-8-9-13(11(2)14(10)15)12-6-4-3-5-7-12/h3-7,9H,8H2,1-2H3. The molecule has 0 bridgehead atoms. The molecule has 0 atom stereocenters. The summed E-state index contributed by atoms with van der Waals surface area (Å²) in [6, 6.07) is 9.96. The van der Waals surface area contributed by atoms with Crippen LogP contribution in [0.25, 0.3) is 5.57 Å². The van der Waals surface area contributed by atoms with E-state index < -0.39 is 0 Å². The van der Waals surface area contributed by atoms with Crippen molar-refractivity contribution in [1.82, 2.24) is 0 Å². The van der Waals surface area contributed by atoms with Gasteiger partial charge >= 0.3 is 0 Å². The van der Waals surface area contributed by atoms with Gasteiger partial charge in [0.15, 0.2) is 0 Å². The Balaban J connectivity index is 2.47. The molecule has 0 unspecified atom stereocenters. The third-order valence-corrected chi connectivity index (χ3v) is 2.81. The van der Waals surface area contributed by atoms with Crippen molar-refractivity contribution in [2.75, 3.05) is 0 Å². The summed E-state index contributed by atoms with van der Waals surface area (Å²) < 4.78 is 13.7. The summed E-state index contributed by atoms with van der Waals surface area (Å²) in [6.07, 6.45) is 2.82. The van der Waals surface area contributed by atoms with Crippen LogP contribution >= 0.6 is 0 Å². The zero-order chi connectivity index (χ0) is 10.8. The second kappa shape index (κ2) is 4.01. The molecule has 0 N–H and O–H groups in total. The minimum Gasteiger partial charge on any atom is -0.207 e. The molecule has 77 valence electrons. The maximum Gasteiger partial charge on any atom is 0.125 e. The highest BCUT2D eigenvalue weighted by Gasteiger charge is 2.17. The number of hydrogen-bond acceptors (Lipinski definition) is 0. The van der Waals surface area contributed by atoms with Gasteiger partial charge in [0, 0.05) is 0 Å². The van der Waals surface area contributed by atoms with E-state index in [1.54, 1.807) is 0 Å². The van der Waals surface area contributed by atoms with Crippen LogP contribution in [0.15, 0.2) is 47.3 Å². The average molecular weight is 201 g/mol. The van der Waals surface area contributed by atoms with Crippen LogP contribution in [0.2, 0.25) is 0 Å². The molecule has 15 heavy (non-hydrogen) atoms. The van der Waals surface area contributed by atoms with Crippen LogP contribution in [0.1, 0.15) is 25.8 Å². The molecule has 1 aliphatic rings. The normalized spacial score (nSPS) is 17.3. The zero-order valence-electron chi connectivity index (χ0n) is 9.05. The quantitative estimate of drug-likeness (QED) is 0.635. The molecule has 0 saturated carbocycles. The summed E-state index contributed by atoms with van der Waals surface area (Å²) in [6.45, 7) is 3.69. The summed E-state index contributed by atoms with van der Waals surface area (Å²) in [4.78, 5) is 0. The van der Waals surface area contributed by atoms with Gasteiger partial charge in [-0.1, -0.05) is 30.3 Å². The van der Waals surface area contributed by atoms with Crippen LogP contribution in [0.4, 0.5) is 4.39 Å². The topological polar surface area (TPSA) is 0 Å². The van der Waals surface area contributed by atoms with Gasteiger partial charge in [0.25, 0.3) is 0 Å². The van der Waals surface area contributed by atoms with Gasteiger partial charge in [0.1, 0.15) is 5.83 Å². The molecule has 0 saturated heterocycles. The van der Waals surface area contributed by atoms with Crippen molar-refractivity contribution in [3.63, 3.8) is 0 Å². The number of hydrogen-bond donors (Lipinski definition) is 0. The molecule has 0 fully saturated rings. The Morgan fingerprint density at radius 2 is 1.73 bits per heavy atom. The molecule has 1 radical (unpaired) electrons. The maximum absolute atomic E-state index is 13.7. The Morgan fingerprint density at radius 1 is 1.07 bits per heavy atom. The first-order valence-corrected chi connectivity index (χ1v) is 5.15. The summed E-state index contributed by atoms with van der Waals surface area (Å²) in [5.74, 6) is -0.0450. The largest absolute Gasteiger partial charge is 0.207 e. The minimum absolute atomic E-state index is 0.0450. The van der Waals surface area contributed by atoms with Crippen LogP contribution in [0.3, 0.4) is 0 Å². The fourth-order valence-electron chi connectivity index (χ4n) is 1.89. The molecule has 1 aliphatic carbocycles. The maximum atomic E-state index is 13.7. The van der Waals surface area contributed by atoms with Crippen molar-refractivity contribution in [2.45, 2.75) is 20.3 Å². The number of benzene rings is 1. The monoisotopic (exact) mass is 201 g/mol. The molecular weight excluding hydrogens is 187 g/mol. The first-order chi connectivity index (χ1) is 7.20. The molecule has 0 amide bonds. The lowest BCUT2D eigenvalue weighted by molar-refractivity contribution is 0.631. The smallest absolute Gasteiger partial charge is 0.125 e. The highest BCUT2D eigenvalue weighted by atomic mass is 19.1. The third kappa shape index (κ3) is 1.87. The highest BCUT2D eigenvalue weighted by molar-refractivity contribution is 5.78. The summed E-state index contributed by atoms with van der Waals surface area (Å²) >= 11 is 0. The van der Waals surface area contributed by atoms with Crippen LogP contribution < -0.4 is 0 Å². The van der Waals surface area contributed by atoms with Crippen LogP contribution in [-0.4, -0.2) is 0 Å². The minimum atomic E-state index is -0.0450. The predicted octanol–water partition coefficient (Wildman–Crippen LogP) is 4.31. The lowest BCUT2D eigenvalue weighted by Crippen LogP contribution is -2.00. The van der Waals surface area contributed by atoms with Crippen LogP contribution in [-0.2, 0) is 0 Å². The lowest BCUT2D eigenvalue weighted by atomic mass is 9.88. The van der Waals surface area contributed by atoms with Gasteiger partial charge in [0.2, 0.25) is 0 Å². The molecule has 0 spiro atoms. The Kier molecular flexibility index (Phi) is 2.72. The molecule has 1 aromatic rings. The number of allylic oxidation sites excluding steroid dienone is 4. The Morgan fingerprint density at radius 3 is 2.40 bits per heavy atom. The second-order valence-corrected chi connectivity index (χ2v) is 3.91. The number of rotatable bonds is 1. The fourth-order valence-corrected chi connectivity index (χ4v) is 1.89. The molecular formula is C14H14F. The Labute approximate surface area is 90.1 Å². The summed E-state index contributed by atoms with van der Waals surface area (Å²) in [5.41, 5.74) is 3.70. The van der Waals surface area contributed by atoms with Gasteiger partial charge in [-0.25, -0.2) is 4.39 Å². The van der Waals surface area contributed by atoms with E-state index in [1.165, 1.54) is 0 Å². The lowest BCUT2D eigenvalue weighted by Gasteiger charge is -2.18. The van der Waals surface area contributed by atoms with Crippen molar-refractivity contribution < 1.29 is 4.39 Å². The van der Waals surface area contributed by atoms with E-state index in [-0.39, 0.29) is 5.83 Å². The average Bonchev–Trinajstić information content (AvgIpc) is 2.27. The first kappa shape index (κ1) is 10.2. The highest BCUT2D eigenvalue weighted by Crippen LogP contribution is 2.35. The van der Waals surface area contributed by atoms with Crippen LogP contribution in [0, 0.1) is 6.42 Å². The predicted molar refractivity (Wildman–Crippen MR) is 61.8 cm³/mol. The molecule has 0 aliphatic heterocycles. The van der Waals surface area contributed by atoms with E-state index >= 15 is 0 Å². The van der Waals surface area contributed by atoms with Crippen molar-refractivity contribution in [1.29, 1.82) is 0 Å². The van der Waals surface area contributed by atoms with Crippen LogP contribution in [0.5, 0.6) is 0 Å². The molecule has 0 aromatic heterocycles. The van der Waals surface area contributed by atoms with Gasteiger partial charge in [-0.05, 0) is 49.0 Å². The van der Waals surface area contributed by atoms with Gasteiger partial charge in [0.05, 0.1) is 0 Å². The van der Waals surface area contributed by atoms with Crippen molar-refractivity contribution >= 4 is 5.57 Å². The molecule has 0 nitrogen and oxygen atoms in total. The van der Waals surface area contributed by atoms with Gasteiger partial charge < -0.3 is 0 Å². The SMILES string of the molecule is CC1=C(F)C(C)=C(c2ccccc2)[CH]C1. The van der Waals surface area contributed by atoms with Gasteiger partial charge in [-0.2, -0.15) is 0 Å². The molecule has 2 rings (SSSR count). The van der Waals surface area contributed by atoms with E-state index in [9.17, 15) is 4.39 Å². The van der Waals surface area contributed by atoms with E-state index in [0.29, 0.717) is 6.42 Å². The third-order valence-electron chi connectivity index (χ3n) is 2.81. The first-order valence-electron chi connectivity index (χ1n) is 5.15. The molecule has 0 heterocycles.